The van der Waals surface area contributed by atoms with Crippen molar-refractivity contribution in [2.45, 2.75) is 0 Å². The van der Waals surface area contributed by atoms with Crippen LogP contribution >= 0.6 is 0 Å². The Bertz CT molecular complexity index is 1590. The maximum Gasteiger partial charge on any atom is 0.231 e. The minimum absolute atomic E-state index is 0.246. The van der Waals surface area contributed by atoms with E-state index in [1.807, 2.05) is 30.3 Å². The van der Waals surface area contributed by atoms with Gasteiger partial charge in [0, 0.05) is 16.3 Å². The molecule has 1 aromatic heterocycles. The fourth-order valence-corrected chi connectivity index (χ4v) is 5.03. The zero-order valence-electron chi connectivity index (χ0n) is 19.5. The van der Waals surface area contributed by atoms with Crippen molar-refractivity contribution in [3.8, 4) is 39.9 Å². The molecule has 4 aromatic carbocycles. The lowest BCUT2D eigenvalue weighted by atomic mass is 9.93. The third kappa shape index (κ3) is 2.85. The third-order valence-electron chi connectivity index (χ3n) is 6.56. The minimum Gasteiger partial charge on any atom is -0.497 e. The number of pyridine rings is 1. The first kappa shape index (κ1) is 20.4. The molecule has 34 heavy (non-hydrogen) atoms. The molecule has 5 aromatic rings. The Kier molecular flexibility index (Phi) is 4.62. The van der Waals surface area contributed by atoms with Gasteiger partial charge in [-0.3, -0.25) is 0 Å². The number of methoxy groups -OCH3 is 3. The van der Waals surface area contributed by atoms with Crippen molar-refractivity contribution in [3.63, 3.8) is 0 Å². The Balaban J connectivity index is 1.74. The van der Waals surface area contributed by atoms with Gasteiger partial charge in [0.25, 0.3) is 0 Å². The van der Waals surface area contributed by atoms with Crippen molar-refractivity contribution in [1.29, 1.82) is 0 Å². The van der Waals surface area contributed by atoms with Crippen LogP contribution in [0.4, 0.5) is 0 Å². The molecule has 6 rings (SSSR count). The number of rotatable bonds is 4. The Hall–Kier alpha value is -4.19. The van der Waals surface area contributed by atoms with E-state index in [0.29, 0.717) is 11.5 Å². The number of aryl methyl sites for hydroxylation is 1. The molecule has 6 heteroatoms. The van der Waals surface area contributed by atoms with E-state index < -0.39 is 0 Å². The van der Waals surface area contributed by atoms with Crippen LogP contribution in [0.5, 0.6) is 28.7 Å². The molecule has 0 saturated heterocycles. The molecular formula is C28H24NO5+. The zero-order chi connectivity index (χ0) is 23.4. The number of ether oxygens (including phenoxy) is 5. The Morgan fingerprint density at radius 3 is 2.24 bits per heavy atom. The van der Waals surface area contributed by atoms with Gasteiger partial charge < -0.3 is 23.7 Å². The summed E-state index contributed by atoms with van der Waals surface area (Å²) in [6.45, 7) is 0.246. The molecule has 0 bridgehead atoms. The van der Waals surface area contributed by atoms with Crippen LogP contribution in [-0.4, -0.2) is 28.1 Å². The van der Waals surface area contributed by atoms with Gasteiger partial charge in [-0.15, -0.1) is 0 Å². The quantitative estimate of drug-likeness (QED) is 0.269. The number of nitrogens with zero attached hydrogens (tertiary/aromatic N) is 1. The highest BCUT2D eigenvalue weighted by atomic mass is 16.7. The van der Waals surface area contributed by atoms with Crippen LogP contribution in [0.2, 0.25) is 0 Å². The molecule has 0 aliphatic carbocycles. The normalized spacial score (nSPS) is 12.5. The van der Waals surface area contributed by atoms with Gasteiger partial charge in [0.2, 0.25) is 12.3 Å². The molecule has 1 aliphatic heterocycles. The molecule has 2 heterocycles. The van der Waals surface area contributed by atoms with Gasteiger partial charge in [0.15, 0.2) is 29.2 Å². The molecule has 1 aliphatic rings. The van der Waals surface area contributed by atoms with Gasteiger partial charge in [-0.1, -0.05) is 18.2 Å². The Morgan fingerprint density at radius 2 is 1.50 bits per heavy atom. The summed E-state index contributed by atoms with van der Waals surface area (Å²) >= 11 is 0. The number of fused-ring (bicyclic) bond motifs is 7. The van der Waals surface area contributed by atoms with Crippen LogP contribution in [-0.2, 0) is 7.05 Å². The van der Waals surface area contributed by atoms with Crippen LogP contribution < -0.4 is 28.3 Å². The van der Waals surface area contributed by atoms with E-state index in [1.54, 1.807) is 21.3 Å². The van der Waals surface area contributed by atoms with Crippen molar-refractivity contribution < 1.29 is 28.3 Å². The van der Waals surface area contributed by atoms with Gasteiger partial charge in [-0.05, 0) is 42.0 Å². The lowest BCUT2D eigenvalue weighted by molar-refractivity contribution is -0.642. The van der Waals surface area contributed by atoms with E-state index in [-0.39, 0.29) is 6.79 Å². The SMILES string of the molecule is COc1ccc(-c2c(OC)c(OC)cc3c2ccc2c4ccc5c(c4c[n+](C)c32)OCO5)cc1. The van der Waals surface area contributed by atoms with Gasteiger partial charge in [-0.2, -0.15) is 4.57 Å². The summed E-state index contributed by atoms with van der Waals surface area (Å²) < 4.78 is 30.5. The zero-order valence-corrected chi connectivity index (χ0v) is 19.5. The summed E-state index contributed by atoms with van der Waals surface area (Å²) in [6.07, 6.45) is 2.11. The van der Waals surface area contributed by atoms with Crippen LogP contribution in [0.25, 0.3) is 43.6 Å². The second kappa shape index (κ2) is 7.70. The summed E-state index contributed by atoms with van der Waals surface area (Å²) in [4.78, 5) is 0. The largest absolute Gasteiger partial charge is 0.497 e. The molecule has 0 radical (unpaired) electrons. The Labute approximate surface area is 196 Å². The topological polar surface area (TPSA) is 50.0 Å². The van der Waals surface area contributed by atoms with E-state index in [1.165, 1.54) is 0 Å². The standard InChI is InChI=1S/C28H24NO5/c1-29-14-22-18(11-12-23-27(22)34-15-33-23)20-10-9-19-21(26(20)29)13-24(31-3)28(32-4)25(19)16-5-7-17(30-2)8-6-16/h5-14H,15H2,1-4H3/q+1. The molecule has 0 spiro atoms. The molecule has 170 valence electrons. The average Bonchev–Trinajstić information content (AvgIpc) is 3.36. The maximum absolute atomic E-state index is 5.86. The van der Waals surface area contributed by atoms with Crippen LogP contribution in [0, 0.1) is 0 Å². The highest BCUT2D eigenvalue weighted by Gasteiger charge is 2.25. The highest BCUT2D eigenvalue weighted by Crippen LogP contribution is 2.47. The monoisotopic (exact) mass is 454 g/mol. The van der Waals surface area contributed by atoms with Crippen molar-refractivity contribution >= 4 is 32.4 Å². The predicted molar refractivity (Wildman–Crippen MR) is 131 cm³/mol. The lowest BCUT2D eigenvalue weighted by Crippen LogP contribution is -2.28. The van der Waals surface area contributed by atoms with Gasteiger partial charge in [0.1, 0.15) is 12.8 Å². The van der Waals surface area contributed by atoms with Crippen LogP contribution in [0.15, 0.2) is 60.8 Å². The lowest BCUT2D eigenvalue weighted by Gasteiger charge is -2.17. The van der Waals surface area contributed by atoms with E-state index in [4.69, 9.17) is 23.7 Å². The number of hydrogen-bond acceptors (Lipinski definition) is 5. The van der Waals surface area contributed by atoms with Crippen LogP contribution in [0.1, 0.15) is 0 Å². The summed E-state index contributed by atoms with van der Waals surface area (Å²) in [6, 6.07) is 18.5. The fraction of sp³-hybridized carbons (Fsp3) is 0.179. The second-order valence-corrected chi connectivity index (χ2v) is 8.27. The first-order valence-electron chi connectivity index (χ1n) is 11.0. The first-order chi connectivity index (χ1) is 16.6. The summed E-state index contributed by atoms with van der Waals surface area (Å²) in [7, 11) is 7.07. The Morgan fingerprint density at radius 1 is 0.735 bits per heavy atom. The summed E-state index contributed by atoms with van der Waals surface area (Å²) in [5, 5.41) is 5.41. The summed E-state index contributed by atoms with van der Waals surface area (Å²) in [5.74, 6) is 3.75. The van der Waals surface area contributed by atoms with Crippen molar-refractivity contribution in [2.75, 3.05) is 28.1 Å². The smallest absolute Gasteiger partial charge is 0.231 e. The van der Waals surface area contributed by atoms with Gasteiger partial charge >= 0.3 is 0 Å². The predicted octanol–water partition coefficient (Wildman–Crippen LogP) is 5.39. The van der Waals surface area contributed by atoms with Crippen molar-refractivity contribution in [3.05, 3.63) is 60.8 Å². The van der Waals surface area contributed by atoms with E-state index >= 15 is 0 Å². The van der Waals surface area contributed by atoms with Crippen molar-refractivity contribution in [2.24, 2.45) is 7.05 Å². The molecule has 0 saturated carbocycles. The molecular weight excluding hydrogens is 430 g/mol. The van der Waals surface area contributed by atoms with Crippen molar-refractivity contribution in [1.82, 2.24) is 0 Å². The highest BCUT2D eigenvalue weighted by molar-refractivity contribution is 6.18. The number of hydrogen-bond donors (Lipinski definition) is 0. The first-order valence-corrected chi connectivity index (χ1v) is 11.0. The molecule has 0 N–H and O–H groups in total. The average molecular weight is 455 g/mol. The van der Waals surface area contributed by atoms with E-state index in [2.05, 4.69) is 42.1 Å². The molecule has 0 atom stereocenters. The molecule has 0 fully saturated rings. The minimum atomic E-state index is 0.246. The number of aromatic nitrogens is 1. The summed E-state index contributed by atoms with van der Waals surface area (Å²) in [5.41, 5.74) is 3.10. The second-order valence-electron chi connectivity index (χ2n) is 8.27. The molecule has 0 amide bonds. The van der Waals surface area contributed by atoms with E-state index in [9.17, 15) is 0 Å². The molecule has 0 unspecified atom stereocenters. The fourth-order valence-electron chi connectivity index (χ4n) is 5.03. The number of benzene rings is 4. The van der Waals surface area contributed by atoms with Gasteiger partial charge in [0.05, 0.1) is 37.5 Å². The maximum atomic E-state index is 5.86. The third-order valence-corrected chi connectivity index (χ3v) is 6.56. The van der Waals surface area contributed by atoms with E-state index in [0.717, 1.165) is 60.8 Å². The van der Waals surface area contributed by atoms with Gasteiger partial charge in [-0.25, -0.2) is 0 Å². The molecule has 6 nitrogen and oxygen atoms in total. The van der Waals surface area contributed by atoms with Crippen LogP contribution in [0.3, 0.4) is 0 Å².